The molecule has 0 aromatic carbocycles. The molecule has 0 aromatic rings. The SMILES string of the molecule is CCCCC/C=C/C=C/CCCCCCCCC(=O)OC(CCCCCCCCCCCCCCCC)CC(=O)NC(CO)C(O)CCCCCCCCCCCCC. The van der Waals surface area contributed by atoms with Gasteiger partial charge in [-0.15, -0.1) is 0 Å². The molecule has 3 unspecified atom stereocenters. The zero-order chi connectivity index (χ0) is 43.1. The number of nitrogens with one attached hydrogen (secondary N) is 1. The van der Waals surface area contributed by atoms with Crippen molar-refractivity contribution in [1.82, 2.24) is 5.32 Å². The number of unbranched alkanes of at least 4 members (excludes halogenated alkanes) is 32. The maximum atomic E-state index is 13.2. The molecule has 6 heteroatoms. The van der Waals surface area contributed by atoms with Gasteiger partial charge in [0.15, 0.2) is 0 Å². The molecule has 348 valence electrons. The zero-order valence-corrected chi connectivity index (χ0v) is 39.7. The molecular weight excluding hydrogens is 731 g/mol. The first-order chi connectivity index (χ1) is 29.0. The summed E-state index contributed by atoms with van der Waals surface area (Å²) in [6.45, 7) is 6.46. The topological polar surface area (TPSA) is 95.9 Å². The van der Waals surface area contributed by atoms with E-state index in [4.69, 9.17) is 4.74 Å². The van der Waals surface area contributed by atoms with E-state index in [1.807, 2.05) is 0 Å². The van der Waals surface area contributed by atoms with Crippen molar-refractivity contribution in [2.24, 2.45) is 0 Å². The third-order valence-corrected chi connectivity index (χ3v) is 12.1. The van der Waals surface area contributed by atoms with E-state index < -0.39 is 18.2 Å². The lowest BCUT2D eigenvalue weighted by Gasteiger charge is -2.24. The molecule has 0 rings (SSSR count). The summed E-state index contributed by atoms with van der Waals surface area (Å²) in [7, 11) is 0. The molecule has 6 nitrogen and oxygen atoms in total. The van der Waals surface area contributed by atoms with E-state index in [2.05, 4.69) is 50.4 Å². The Morgan fingerprint density at radius 2 is 0.847 bits per heavy atom. The van der Waals surface area contributed by atoms with Gasteiger partial charge in [0, 0.05) is 6.42 Å². The average Bonchev–Trinajstić information content (AvgIpc) is 3.23. The Morgan fingerprint density at radius 3 is 1.29 bits per heavy atom. The first-order valence-corrected chi connectivity index (χ1v) is 26.1. The first kappa shape index (κ1) is 57.3. The van der Waals surface area contributed by atoms with Crippen LogP contribution < -0.4 is 5.32 Å². The molecule has 0 saturated heterocycles. The van der Waals surface area contributed by atoms with Crippen molar-refractivity contribution >= 4 is 11.9 Å². The fraction of sp³-hybridized carbons (Fsp3) is 0.887. The van der Waals surface area contributed by atoms with E-state index in [0.717, 1.165) is 51.4 Å². The molecule has 0 aromatic heterocycles. The zero-order valence-electron chi connectivity index (χ0n) is 39.7. The van der Waals surface area contributed by atoms with Crippen molar-refractivity contribution < 1.29 is 24.5 Å². The Bertz CT molecular complexity index is 935. The lowest BCUT2D eigenvalue weighted by Crippen LogP contribution is -2.46. The van der Waals surface area contributed by atoms with E-state index in [9.17, 15) is 19.8 Å². The van der Waals surface area contributed by atoms with Gasteiger partial charge in [0.2, 0.25) is 5.91 Å². The number of aliphatic hydroxyl groups is 2. The fourth-order valence-corrected chi connectivity index (χ4v) is 8.07. The summed E-state index contributed by atoms with van der Waals surface area (Å²) in [6.07, 6.45) is 53.7. The predicted octanol–water partition coefficient (Wildman–Crippen LogP) is 15.5. The van der Waals surface area contributed by atoms with Crippen molar-refractivity contribution in [2.75, 3.05) is 6.61 Å². The molecule has 0 heterocycles. The Hall–Kier alpha value is -1.66. The van der Waals surface area contributed by atoms with Gasteiger partial charge in [-0.3, -0.25) is 9.59 Å². The normalized spacial score (nSPS) is 13.4. The van der Waals surface area contributed by atoms with Gasteiger partial charge in [-0.25, -0.2) is 0 Å². The summed E-state index contributed by atoms with van der Waals surface area (Å²) in [5, 5.41) is 23.7. The number of esters is 1. The van der Waals surface area contributed by atoms with Crippen molar-refractivity contribution in [3.8, 4) is 0 Å². The van der Waals surface area contributed by atoms with Gasteiger partial charge >= 0.3 is 5.97 Å². The monoisotopic (exact) mass is 832 g/mol. The predicted molar refractivity (Wildman–Crippen MR) is 255 cm³/mol. The molecule has 3 atom stereocenters. The van der Waals surface area contributed by atoms with Crippen LogP contribution in [0.15, 0.2) is 24.3 Å². The van der Waals surface area contributed by atoms with Gasteiger partial charge in [0.1, 0.15) is 6.10 Å². The number of hydrogen-bond donors (Lipinski definition) is 3. The Balaban J connectivity index is 4.57. The van der Waals surface area contributed by atoms with Gasteiger partial charge in [0.25, 0.3) is 0 Å². The molecule has 0 spiro atoms. The fourth-order valence-electron chi connectivity index (χ4n) is 8.07. The summed E-state index contributed by atoms with van der Waals surface area (Å²) in [5.74, 6) is -0.473. The summed E-state index contributed by atoms with van der Waals surface area (Å²) in [4.78, 5) is 26.1. The number of rotatable bonds is 47. The second-order valence-electron chi connectivity index (χ2n) is 18.0. The van der Waals surface area contributed by atoms with Crippen molar-refractivity contribution in [3.05, 3.63) is 24.3 Å². The van der Waals surface area contributed by atoms with Crippen LogP contribution in [0.5, 0.6) is 0 Å². The first-order valence-electron chi connectivity index (χ1n) is 26.1. The minimum Gasteiger partial charge on any atom is -0.462 e. The summed E-state index contributed by atoms with van der Waals surface area (Å²) in [6, 6.07) is -0.698. The average molecular weight is 832 g/mol. The third-order valence-electron chi connectivity index (χ3n) is 12.1. The molecule has 0 bridgehead atoms. The summed E-state index contributed by atoms with van der Waals surface area (Å²) >= 11 is 0. The highest BCUT2D eigenvalue weighted by Gasteiger charge is 2.24. The second kappa shape index (κ2) is 47.4. The van der Waals surface area contributed by atoms with Gasteiger partial charge < -0.3 is 20.3 Å². The van der Waals surface area contributed by atoms with Crippen LogP contribution in [0.3, 0.4) is 0 Å². The van der Waals surface area contributed by atoms with E-state index >= 15 is 0 Å². The van der Waals surface area contributed by atoms with Gasteiger partial charge in [-0.05, 0) is 51.4 Å². The van der Waals surface area contributed by atoms with Gasteiger partial charge in [-0.2, -0.15) is 0 Å². The summed E-state index contributed by atoms with van der Waals surface area (Å²) < 4.78 is 5.94. The highest BCUT2D eigenvalue weighted by Crippen LogP contribution is 2.18. The lowest BCUT2D eigenvalue weighted by molar-refractivity contribution is -0.151. The lowest BCUT2D eigenvalue weighted by atomic mass is 10.0. The molecular formula is C53H101NO5. The number of aliphatic hydroxyl groups excluding tert-OH is 2. The van der Waals surface area contributed by atoms with Crippen molar-refractivity contribution in [2.45, 2.75) is 296 Å². The number of carbonyl (C=O) groups excluding carboxylic acids is 2. The smallest absolute Gasteiger partial charge is 0.306 e. The molecule has 0 saturated carbocycles. The van der Waals surface area contributed by atoms with Crippen LogP contribution in [0.1, 0.15) is 278 Å². The maximum absolute atomic E-state index is 13.2. The summed E-state index contributed by atoms with van der Waals surface area (Å²) in [5.41, 5.74) is 0. The van der Waals surface area contributed by atoms with Gasteiger partial charge in [0.05, 0.1) is 25.2 Å². The van der Waals surface area contributed by atoms with Crippen LogP contribution in [0.25, 0.3) is 0 Å². The van der Waals surface area contributed by atoms with E-state index in [-0.39, 0.29) is 24.9 Å². The minimum absolute atomic E-state index is 0.0783. The molecule has 1 amide bonds. The highest BCUT2D eigenvalue weighted by molar-refractivity contribution is 5.77. The number of carbonyl (C=O) groups is 2. The molecule has 59 heavy (non-hydrogen) atoms. The van der Waals surface area contributed by atoms with E-state index in [1.165, 1.54) is 180 Å². The second-order valence-corrected chi connectivity index (χ2v) is 18.0. The maximum Gasteiger partial charge on any atom is 0.306 e. The molecule has 0 aliphatic heterocycles. The molecule has 3 N–H and O–H groups in total. The van der Waals surface area contributed by atoms with Crippen LogP contribution in [-0.4, -0.2) is 46.9 Å². The molecule has 0 aliphatic carbocycles. The Labute approximate surface area is 367 Å². The van der Waals surface area contributed by atoms with Gasteiger partial charge in [-0.1, -0.05) is 238 Å². The standard InChI is InChI=1S/C53H101NO5/c1-4-7-10-13-16-19-22-24-26-28-31-34-37-40-43-46-53(58)59-49(44-41-38-35-32-30-27-25-23-20-17-14-11-8-5-2)47-52(57)54-50(48-55)51(56)45-42-39-36-33-29-21-18-15-12-9-6-3/h16,19,22,24,49-51,55-56H,4-15,17-18,20-21,23,25-48H2,1-3H3,(H,54,57)/b19-16+,24-22+. The number of allylic oxidation sites excluding steroid dienone is 4. The van der Waals surface area contributed by atoms with E-state index in [0.29, 0.717) is 19.3 Å². The van der Waals surface area contributed by atoms with Crippen LogP contribution in [0.4, 0.5) is 0 Å². The van der Waals surface area contributed by atoms with E-state index in [1.54, 1.807) is 0 Å². The third kappa shape index (κ3) is 42.8. The van der Waals surface area contributed by atoms with Crippen molar-refractivity contribution in [1.29, 1.82) is 0 Å². The van der Waals surface area contributed by atoms with Crippen molar-refractivity contribution in [3.63, 3.8) is 0 Å². The number of amides is 1. The number of ether oxygens (including phenoxy) is 1. The Kier molecular flexibility index (Phi) is 46.1. The molecule has 0 fully saturated rings. The largest absolute Gasteiger partial charge is 0.462 e. The minimum atomic E-state index is -0.784. The van der Waals surface area contributed by atoms with Crippen LogP contribution in [0.2, 0.25) is 0 Å². The Morgan fingerprint density at radius 1 is 0.492 bits per heavy atom. The van der Waals surface area contributed by atoms with Crippen LogP contribution in [-0.2, 0) is 14.3 Å². The van der Waals surface area contributed by atoms with Crippen LogP contribution >= 0.6 is 0 Å². The number of hydrogen-bond acceptors (Lipinski definition) is 5. The molecule has 0 aliphatic rings. The van der Waals surface area contributed by atoms with Crippen LogP contribution in [0, 0.1) is 0 Å². The quantitative estimate of drug-likeness (QED) is 0.0322. The molecule has 0 radical (unpaired) electrons. The highest BCUT2D eigenvalue weighted by atomic mass is 16.5.